The maximum absolute atomic E-state index is 13.8. The maximum atomic E-state index is 13.8. The molecule has 0 heterocycles. The molecular formula is C14H20ClFN2. The van der Waals surface area contributed by atoms with E-state index in [-0.39, 0.29) is 11.9 Å². The average molecular weight is 271 g/mol. The fraction of sp³-hybridized carbons (Fsp3) is 0.571. The summed E-state index contributed by atoms with van der Waals surface area (Å²) in [6, 6.07) is 4.91. The number of benzene rings is 1. The van der Waals surface area contributed by atoms with E-state index >= 15 is 0 Å². The monoisotopic (exact) mass is 270 g/mol. The molecule has 0 aromatic heterocycles. The molecule has 1 fully saturated rings. The molecule has 0 aliphatic heterocycles. The molecule has 3 unspecified atom stereocenters. The van der Waals surface area contributed by atoms with Gasteiger partial charge >= 0.3 is 0 Å². The van der Waals surface area contributed by atoms with Crippen molar-refractivity contribution in [1.29, 1.82) is 0 Å². The molecule has 4 heteroatoms. The SMILES string of the molecule is CC1CCC(C(Cc2c(F)cccc2Cl)NN)C1. The van der Waals surface area contributed by atoms with Crippen molar-refractivity contribution in [2.45, 2.75) is 38.6 Å². The molecule has 3 N–H and O–H groups in total. The second kappa shape index (κ2) is 6.00. The minimum atomic E-state index is -0.242. The van der Waals surface area contributed by atoms with Gasteiger partial charge in [0.25, 0.3) is 0 Å². The van der Waals surface area contributed by atoms with Crippen LogP contribution in [0.3, 0.4) is 0 Å². The molecule has 0 amide bonds. The van der Waals surface area contributed by atoms with Crippen LogP contribution >= 0.6 is 11.6 Å². The van der Waals surface area contributed by atoms with E-state index in [1.165, 1.54) is 12.5 Å². The molecule has 100 valence electrons. The van der Waals surface area contributed by atoms with E-state index < -0.39 is 0 Å². The van der Waals surface area contributed by atoms with Crippen molar-refractivity contribution in [2.75, 3.05) is 0 Å². The Kier molecular flexibility index (Phi) is 4.60. The van der Waals surface area contributed by atoms with Gasteiger partial charge in [-0.1, -0.05) is 31.0 Å². The third kappa shape index (κ3) is 3.02. The van der Waals surface area contributed by atoms with Crippen molar-refractivity contribution >= 4 is 11.6 Å². The van der Waals surface area contributed by atoms with Crippen molar-refractivity contribution in [2.24, 2.45) is 17.7 Å². The number of rotatable bonds is 4. The van der Waals surface area contributed by atoms with Crippen LogP contribution in [0.4, 0.5) is 4.39 Å². The average Bonchev–Trinajstić information content (AvgIpc) is 2.76. The Morgan fingerprint density at radius 1 is 1.50 bits per heavy atom. The Balaban J connectivity index is 2.10. The van der Waals surface area contributed by atoms with Gasteiger partial charge in [-0.3, -0.25) is 11.3 Å². The first-order valence-corrected chi connectivity index (χ1v) is 6.88. The minimum Gasteiger partial charge on any atom is -0.271 e. The summed E-state index contributed by atoms with van der Waals surface area (Å²) in [5.41, 5.74) is 3.41. The Hall–Kier alpha value is -0.640. The number of hydrazine groups is 1. The van der Waals surface area contributed by atoms with Gasteiger partial charge in [-0.25, -0.2) is 4.39 Å². The highest BCUT2D eigenvalue weighted by Gasteiger charge is 2.29. The molecule has 18 heavy (non-hydrogen) atoms. The van der Waals surface area contributed by atoms with Crippen molar-refractivity contribution < 1.29 is 4.39 Å². The van der Waals surface area contributed by atoms with E-state index in [9.17, 15) is 4.39 Å². The van der Waals surface area contributed by atoms with Gasteiger partial charge in [0.05, 0.1) is 0 Å². The Bertz CT molecular complexity index is 391. The van der Waals surface area contributed by atoms with Gasteiger partial charge in [-0.15, -0.1) is 0 Å². The Morgan fingerprint density at radius 3 is 2.83 bits per heavy atom. The van der Waals surface area contributed by atoms with Gasteiger partial charge in [-0.05, 0) is 43.2 Å². The lowest BCUT2D eigenvalue weighted by Gasteiger charge is -2.23. The third-order valence-corrected chi connectivity index (χ3v) is 4.36. The molecule has 1 aliphatic rings. The summed E-state index contributed by atoms with van der Waals surface area (Å²) in [4.78, 5) is 0. The summed E-state index contributed by atoms with van der Waals surface area (Å²) < 4.78 is 13.8. The van der Waals surface area contributed by atoms with Crippen LogP contribution in [-0.4, -0.2) is 6.04 Å². The molecule has 0 spiro atoms. The van der Waals surface area contributed by atoms with Gasteiger partial charge < -0.3 is 0 Å². The minimum absolute atomic E-state index is 0.101. The quantitative estimate of drug-likeness (QED) is 0.651. The highest BCUT2D eigenvalue weighted by molar-refractivity contribution is 6.31. The zero-order valence-corrected chi connectivity index (χ0v) is 11.4. The van der Waals surface area contributed by atoms with Gasteiger partial charge in [0.1, 0.15) is 5.82 Å². The van der Waals surface area contributed by atoms with Gasteiger partial charge in [0.2, 0.25) is 0 Å². The van der Waals surface area contributed by atoms with E-state index in [1.54, 1.807) is 12.1 Å². The van der Waals surface area contributed by atoms with Gasteiger partial charge in [0.15, 0.2) is 0 Å². The molecule has 0 radical (unpaired) electrons. The van der Waals surface area contributed by atoms with Crippen LogP contribution in [0.2, 0.25) is 5.02 Å². The molecule has 3 atom stereocenters. The van der Waals surface area contributed by atoms with Crippen LogP contribution in [0.5, 0.6) is 0 Å². The van der Waals surface area contributed by atoms with Crippen molar-refractivity contribution in [3.05, 3.63) is 34.6 Å². The van der Waals surface area contributed by atoms with Crippen LogP contribution in [0.1, 0.15) is 31.7 Å². The maximum Gasteiger partial charge on any atom is 0.127 e. The highest BCUT2D eigenvalue weighted by atomic mass is 35.5. The summed E-state index contributed by atoms with van der Waals surface area (Å²) in [5.74, 6) is 6.64. The van der Waals surface area contributed by atoms with E-state index in [4.69, 9.17) is 17.4 Å². The van der Waals surface area contributed by atoms with E-state index in [0.29, 0.717) is 22.9 Å². The zero-order chi connectivity index (χ0) is 13.1. The lowest BCUT2D eigenvalue weighted by atomic mass is 9.92. The molecule has 1 aromatic rings. The molecule has 1 aromatic carbocycles. The van der Waals surface area contributed by atoms with Crippen molar-refractivity contribution in [3.8, 4) is 0 Å². The molecule has 1 saturated carbocycles. The number of hydrogen-bond donors (Lipinski definition) is 2. The summed E-state index contributed by atoms with van der Waals surface area (Å²) in [6.45, 7) is 2.25. The molecule has 0 bridgehead atoms. The molecule has 1 aliphatic carbocycles. The first-order chi connectivity index (χ1) is 8.61. The van der Waals surface area contributed by atoms with E-state index in [2.05, 4.69) is 12.3 Å². The van der Waals surface area contributed by atoms with Gasteiger partial charge in [-0.2, -0.15) is 0 Å². The summed E-state index contributed by atoms with van der Waals surface area (Å²) in [7, 11) is 0. The zero-order valence-electron chi connectivity index (χ0n) is 10.6. The number of hydrogen-bond acceptors (Lipinski definition) is 2. The standard InChI is InChI=1S/C14H20ClFN2/c1-9-5-6-10(7-9)14(18-17)8-11-12(15)3-2-4-13(11)16/h2-4,9-10,14,18H,5-8,17H2,1H3. The highest BCUT2D eigenvalue weighted by Crippen LogP contribution is 2.34. The fourth-order valence-electron chi connectivity index (χ4n) is 2.93. The first kappa shape index (κ1) is 13.8. The lowest BCUT2D eigenvalue weighted by Crippen LogP contribution is -2.42. The summed E-state index contributed by atoms with van der Waals surface area (Å²) in [5, 5.41) is 0.487. The topological polar surface area (TPSA) is 38.0 Å². The van der Waals surface area contributed by atoms with Crippen molar-refractivity contribution in [3.63, 3.8) is 0 Å². The number of halogens is 2. The second-order valence-electron chi connectivity index (χ2n) is 5.36. The fourth-order valence-corrected chi connectivity index (χ4v) is 3.17. The van der Waals surface area contributed by atoms with Crippen LogP contribution in [0, 0.1) is 17.7 Å². The predicted octanol–water partition coefficient (Wildman–Crippen LogP) is 3.29. The number of nitrogens with two attached hydrogens (primary N) is 1. The van der Waals surface area contributed by atoms with Gasteiger partial charge in [0, 0.05) is 16.6 Å². The van der Waals surface area contributed by atoms with E-state index in [0.717, 1.165) is 18.8 Å². The predicted molar refractivity (Wildman–Crippen MR) is 72.7 cm³/mol. The second-order valence-corrected chi connectivity index (χ2v) is 5.76. The van der Waals surface area contributed by atoms with E-state index in [1.807, 2.05) is 0 Å². The number of nitrogens with one attached hydrogen (secondary N) is 1. The molecule has 2 nitrogen and oxygen atoms in total. The third-order valence-electron chi connectivity index (χ3n) is 4.00. The smallest absolute Gasteiger partial charge is 0.127 e. The summed E-state index contributed by atoms with van der Waals surface area (Å²) in [6.07, 6.45) is 4.09. The largest absolute Gasteiger partial charge is 0.271 e. The van der Waals surface area contributed by atoms with Crippen LogP contribution < -0.4 is 11.3 Å². The lowest BCUT2D eigenvalue weighted by molar-refractivity contribution is 0.349. The molecular weight excluding hydrogens is 251 g/mol. The molecule has 2 rings (SSSR count). The Morgan fingerprint density at radius 2 is 2.28 bits per heavy atom. The van der Waals surface area contributed by atoms with Crippen LogP contribution in [-0.2, 0) is 6.42 Å². The van der Waals surface area contributed by atoms with Crippen LogP contribution in [0.25, 0.3) is 0 Å². The molecule has 0 saturated heterocycles. The first-order valence-electron chi connectivity index (χ1n) is 6.50. The van der Waals surface area contributed by atoms with Crippen LogP contribution in [0.15, 0.2) is 18.2 Å². The Labute approximate surface area is 113 Å². The normalized spacial score (nSPS) is 25.3. The summed E-state index contributed by atoms with van der Waals surface area (Å²) >= 11 is 6.06. The van der Waals surface area contributed by atoms with Crippen molar-refractivity contribution in [1.82, 2.24) is 5.43 Å².